The Labute approximate surface area is 163 Å². The average molecular weight is 378 g/mol. The third-order valence-corrected chi connectivity index (χ3v) is 5.06. The molecule has 1 aliphatic rings. The van der Waals surface area contributed by atoms with Gasteiger partial charge in [-0.25, -0.2) is 0 Å². The number of aryl methyl sites for hydroxylation is 1. The molecule has 0 aliphatic heterocycles. The molecular weight excluding hydrogens is 356 g/mol. The Morgan fingerprint density at radius 1 is 1.11 bits per heavy atom. The summed E-state index contributed by atoms with van der Waals surface area (Å²) in [6, 6.07) is 13.8. The van der Waals surface area contributed by atoms with E-state index in [1.807, 2.05) is 36.4 Å². The van der Waals surface area contributed by atoms with Crippen LogP contribution < -0.4 is 14.8 Å². The Kier molecular flexibility index (Phi) is 5.02. The molecule has 1 heterocycles. The normalized spacial score (nSPS) is 12.1. The van der Waals surface area contributed by atoms with Gasteiger partial charge in [0.25, 0.3) is 5.91 Å². The third-order valence-electron chi connectivity index (χ3n) is 5.06. The van der Waals surface area contributed by atoms with Gasteiger partial charge in [-0.1, -0.05) is 35.5 Å². The van der Waals surface area contributed by atoms with Gasteiger partial charge in [0.05, 0.1) is 14.2 Å². The highest BCUT2D eigenvalue weighted by Crippen LogP contribution is 2.35. The molecule has 4 rings (SSSR count). The first kappa shape index (κ1) is 18.1. The van der Waals surface area contributed by atoms with Crippen LogP contribution in [0.5, 0.6) is 11.5 Å². The highest BCUT2D eigenvalue weighted by Gasteiger charge is 2.27. The fraction of sp³-hybridized carbons (Fsp3) is 0.273. The molecule has 0 atom stereocenters. The summed E-state index contributed by atoms with van der Waals surface area (Å²) in [6.07, 6.45) is 2.32. The number of ether oxygens (including phenoxy) is 2. The third kappa shape index (κ3) is 3.33. The Bertz CT molecular complexity index is 1010. The van der Waals surface area contributed by atoms with Crippen molar-refractivity contribution in [3.63, 3.8) is 0 Å². The number of carbonyl (C=O) groups is 1. The maximum absolute atomic E-state index is 12.6. The summed E-state index contributed by atoms with van der Waals surface area (Å²) in [4.78, 5) is 12.6. The topological polar surface area (TPSA) is 73.6 Å². The Morgan fingerprint density at radius 2 is 1.93 bits per heavy atom. The molecule has 0 saturated carbocycles. The van der Waals surface area contributed by atoms with Crippen LogP contribution >= 0.6 is 0 Å². The van der Waals surface area contributed by atoms with Gasteiger partial charge in [-0.3, -0.25) is 4.79 Å². The largest absolute Gasteiger partial charge is 0.493 e. The van der Waals surface area contributed by atoms with Crippen molar-refractivity contribution in [2.45, 2.75) is 19.3 Å². The van der Waals surface area contributed by atoms with Crippen LogP contribution in [0.3, 0.4) is 0 Å². The van der Waals surface area contributed by atoms with Crippen LogP contribution in [0.1, 0.15) is 27.2 Å². The minimum atomic E-state index is -0.204. The number of fused-ring (bicyclic) bond motifs is 3. The number of hydrogen-bond donors (Lipinski definition) is 1. The second kappa shape index (κ2) is 7.76. The van der Waals surface area contributed by atoms with Crippen LogP contribution in [0.4, 0.5) is 0 Å². The summed E-state index contributed by atoms with van der Waals surface area (Å²) >= 11 is 0. The highest BCUT2D eigenvalue weighted by atomic mass is 16.5. The summed E-state index contributed by atoms with van der Waals surface area (Å²) in [5, 5.41) is 6.99. The van der Waals surface area contributed by atoms with E-state index in [1.54, 1.807) is 14.2 Å². The van der Waals surface area contributed by atoms with Crippen LogP contribution in [0, 0.1) is 0 Å². The van der Waals surface area contributed by atoms with Crippen LogP contribution in [-0.4, -0.2) is 31.8 Å². The first-order valence-corrected chi connectivity index (χ1v) is 9.27. The van der Waals surface area contributed by atoms with E-state index in [2.05, 4.69) is 16.5 Å². The lowest BCUT2D eigenvalue weighted by Gasteiger charge is -2.14. The standard InChI is InChI=1S/C22H22N2O4/c1-26-18-10-7-14(13-19(18)27-2)11-12-23-22(25)20-17-9-8-15-5-3-4-6-16(15)21(17)28-24-20/h3-7,10,13H,8-9,11-12H2,1-2H3,(H,23,25). The van der Waals surface area contributed by atoms with E-state index in [-0.39, 0.29) is 5.91 Å². The van der Waals surface area contributed by atoms with E-state index >= 15 is 0 Å². The summed E-state index contributed by atoms with van der Waals surface area (Å²) in [5.74, 6) is 1.87. The fourth-order valence-corrected chi connectivity index (χ4v) is 3.59. The number of nitrogens with one attached hydrogen (secondary N) is 1. The molecule has 28 heavy (non-hydrogen) atoms. The van der Waals surface area contributed by atoms with Crippen molar-refractivity contribution in [2.75, 3.05) is 20.8 Å². The van der Waals surface area contributed by atoms with E-state index in [4.69, 9.17) is 14.0 Å². The van der Waals surface area contributed by atoms with Crippen molar-refractivity contribution in [3.8, 4) is 22.8 Å². The molecule has 2 aromatic carbocycles. The van der Waals surface area contributed by atoms with E-state index in [0.717, 1.165) is 29.5 Å². The van der Waals surface area contributed by atoms with Gasteiger partial charge in [0.2, 0.25) is 0 Å². The lowest BCUT2D eigenvalue weighted by Crippen LogP contribution is -2.27. The lowest BCUT2D eigenvalue weighted by molar-refractivity contribution is 0.0944. The maximum Gasteiger partial charge on any atom is 0.273 e. The molecule has 0 spiro atoms. The van der Waals surface area contributed by atoms with Crippen molar-refractivity contribution in [2.24, 2.45) is 0 Å². The monoisotopic (exact) mass is 378 g/mol. The number of rotatable bonds is 6. The van der Waals surface area contributed by atoms with Crippen molar-refractivity contribution in [1.82, 2.24) is 10.5 Å². The van der Waals surface area contributed by atoms with Crippen LogP contribution in [0.15, 0.2) is 47.0 Å². The van der Waals surface area contributed by atoms with Gasteiger partial charge in [0, 0.05) is 17.7 Å². The van der Waals surface area contributed by atoms with Crippen molar-refractivity contribution < 1.29 is 18.8 Å². The van der Waals surface area contributed by atoms with Crippen molar-refractivity contribution in [3.05, 3.63) is 64.8 Å². The van der Waals surface area contributed by atoms with Crippen molar-refractivity contribution >= 4 is 5.91 Å². The molecule has 6 heteroatoms. The van der Waals surface area contributed by atoms with Gasteiger partial charge in [-0.15, -0.1) is 0 Å². The molecule has 0 saturated heterocycles. The summed E-state index contributed by atoms with van der Waals surface area (Å²) < 4.78 is 16.1. The van der Waals surface area contributed by atoms with Crippen LogP contribution in [-0.2, 0) is 19.3 Å². The van der Waals surface area contributed by atoms with E-state index < -0.39 is 0 Å². The Morgan fingerprint density at radius 3 is 2.75 bits per heavy atom. The first-order chi connectivity index (χ1) is 13.7. The molecule has 144 valence electrons. The van der Waals surface area contributed by atoms with E-state index in [1.165, 1.54) is 5.56 Å². The molecule has 0 unspecified atom stereocenters. The van der Waals surface area contributed by atoms with Gasteiger partial charge in [-0.2, -0.15) is 0 Å². The number of benzene rings is 2. The Hall–Kier alpha value is -3.28. The van der Waals surface area contributed by atoms with Crippen LogP contribution in [0.25, 0.3) is 11.3 Å². The number of hydrogen-bond acceptors (Lipinski definition) is 5. The van der Waals surface area contributed by atoms with Gasteiger partial charge in [-0.05, 0) is 42.5 Å². The molecular formula is C22H22N2O4. The second-order valence-electron chi connectivity index (χ2n) is 6.69. The van der Waals surface area contributed by atoms with E-state index in [0.29, 0.717) is 35.9 Å². The zero-order valence-corrected chi connectivity index (χ0v) is 16.0. The highest BCUT2D eigenvalue weighted by molar-refractivity contribution is 5.95. The molecule has 3 aromatic rings. The van der Waals surface area contributed by atoms with Gasteiger partial charge in [0.1, 0.15) is 0 Å². The number of aromatic nitrogens is 1. The predicted molar refractivity (Wildman–Crippen MR) is 105 cm³/mol. The molecule has 1 aromatic heterocycles. The summed E-state index contributed by atoms with van der Waals surface area (Å²) in [5.41, 5.74) is 4.58. The Balaban J connectivity index is 1.43. The zero-order chi connectivity index (χ0) is 19.5. The number of amides is 1. The van der Waals surface area contributed by atoms with Gasteiger partial charge in [0.15, 0.2) is 23.0 Å². The number of nitrogens with zero attached hydrogens (tertiary/aromatic N) is 1. The predicted octanol–water partition coefficient (Wildman–Crippen LogP) is 3.43. The number of carbonyl (C=O) groups excluding carboxylic acids is 1. The number of methoxy groups -OCH3 is 2. The minimum absolute atomic E-state index is 0.204. The molecule has 0 radical (unpaired) electrons. The maximum atomic E-state index is 12.6. The average Bonchev–Trinajstić information content (AvgIpc) is 3.18. The van der Waals surface area contributed by atoms with E-state index in [9.17, 15) is 4.79 Å². The molecule has 0 fully saturated rings. The fourth-order valence-electron chi connectivity index (χ4n) is 3.59. The smallest absolute Gasteiger partial charge is 0.273 e. The quantitative estimate of drug-likeness (QED) is 0.711. The first-order valence-electron chi connectivity index (χ1n) is 9.27. The summed E-state index contributed by atoms with van der Waals surface area (Å²) in [7, 11) is 3.21. The SMILES string of the molecule is COc1ccc(CCNC(=O)c2noc3c2CCc2ccccc2-3)cc1OC. The minimum Gasteiger partial charge on any atom is -0.493 e. The molecule has 1 amide bonds. The summed E-state index contributed by atoms with van der Waals surface area (Å²) in [6.45, 7) is 0.493. The van der Waals surface area contributed by atoms with Crippen LogP contribution in [0.2, 0.25) is 0 Å². The second-order valence-corrected chi connectivity index (χ2v) is 6.69. The zero-order valence-electron chi connectivity index (χ0n) is 16.0. The molecule has 6 nitrogen and oxygen atoms in total. The van der Waals surface area contributed by atoms with Crippen molar-refractivity contribution in [1.29, 1.82) is 0 Å². The molecule has 1 aliphatic carbocycles. The molecule has 0 bridgehead atoms. The van der Waals surface area contributed by atoms with Gasteiger partial charge >= 0.3 is 0 Å². The van der Waals surface area contributed by atoms with Gasteiger partial charge < -0.3 is 19.3 Å². The lowest BCUT2D eigenvalue weighted by atomic mass is 9.89. The molecule has 1 N–H and O–H groups in total.